The number of carbonyl (C=O) groups is 2. The van der Waals surface area contributed by atoms with Crippen molar-refractivity contribution in [3.63, 3.8) is 0 Å². The molecule has 27 heavy (non-hydrogen) atoms. The first-order valence-electron chi connectivity index (χ1n) is 8.60. The predicted octanol–water partition coefficient (Wildman–Crippen LogP) is 1.56. The van der Waals surface area contributed by atoms with Crippen LogP contribution in [0.25, 0.3) is 0 Å². The molecule has 1 aliphatic heterocycles. The number of carbonyl (C=O) groups excluding carboxylic acids is 2. The minimum atomic E-state index is -3.84. The highest BCUT2D eigenvalue weighted by Crippen LogP contribution is 2.22. The summed E-state index contributed by atoms with van der Waals surface area (Å²) in [6.07, 6.45) is 2.80. The van der Waals surface area contributed by atoms with Crippen molar-refractivity contribution < 1.29 is 22.4 Å². The molecular formula is C18H21N3O5S. The summed E-state index contributed by atoms with van der Waals surface area (Å²) in [5.41, 5.74) is 0.668. The summed E-state index contributed by atoms with van der Waals surface area (Å²) in [5.74, 6) is 0.145. The number of nitrogens with one attached hydrogen (secondary N) is 2. The third-order valence-corrected chi connectivity index (χ3v) is 5.72. The Morgan fingerprint density at radius 3 is 2.59 bits per heavy atom. The minimum Gasteiger partial charge on any atom is -0.467 e. The van der Waals surface area contributed by atoms with Gasteiger partial charge in [-0.2, -0.15) is 0 Å². The summed E-state index contributed by atoms with van der Waals surface area (Å²) in [4.78, 5) is 25.4. The van der Waals surface area contributed by atoms with Gasteiger partial charge in [0, 0.05) is 18.7 Å². The minimum absolute atomic E-state index is 0.0322. The van der Waals surface area contributed by atoms with E-state index in [2.05, 4.69) is 10.0 Å². The van der Waals surface area contributed by atoms with Crippen molar-refractivity contribution in [3.05, 3.63) is 48.4 Å². The summed E-state index contributed by atoms with van der Waals surface area (Å²) < 4.78 is 32.2. The fraction of sp³-hybridized carbons (Fsp3) is 0.333. The molecule has 1 saturated heterocycles. The van der Waals surface area contributed by atoms with Gasteiger partial charge >= 0.3 is 0 Å². The molecule has 0 spiro atoms. The third-order valence-electron chi connectivity index (χ3n) is 4.30. The van der Waals surface area contributed by atoms with Gasteiger partial charge in [0.25, 0.3) is 0 Å². The van der Waals surface area contributed by atoms with E-state index in [9.17, 15) is 18.0 Å². The van der Waals surface area contributed by atoms with E-state index in [1.165, 1.54) is 18.4 Å². The Morgan fingerprint density at radius 2 is 2.00 bits per heavy atom. The molecule has 0 radical (unpaired) electrons. The van der Waals surface area contributed by atoms with Gasteiger partial charge in [-0.15, -0.1) is 0 Å². The maximum absolute atomic E-state index is 12.4. The molecule has 0 unspecified atom stereocenters. The van der Waals surface area contributed by atoms with E-state index < -0.39 is 15.9 Å². The molecule has 0 saturated carbocycles. The average molecular weight is 391 g/mol. The molecule has 1 aromatic heterocycles. The van der Waals surface area contributed by atoms with Crippen molar-refractivity contribution in [1.82, 2.24) is 10.0 Å². The van der Waals surface area contributed by atoms with Crippen LogP contribution in [0.3, 0.4) is 0 Å². The Kier molecular flexibility index (Phi) is 5.62. The van der Waals surface area contributed by atoms with Crippen LogP contribution in [0.4, 0.5) is 5.69 Å². The molecule has 0 bridgehead atoms. The predicted molar refractivity (Wildman–Crippen MR) is 98.5 cm³/mol. The number of benzene rings is 1. The van der Waals surface area contributed by atoms with Crippen LogP contribution in [-0.2, 0) is 19.6 Å². The van der Waals surface area contributed by atoms with Gasteiger partial charge in [0.1, 0.15) is 5.76 Å². The Labute approximate surface area is 157 Å². The topological polar surface area (TPSA) is 109 Å². The molecule has 1 atom stereocenters. The van der Waals surface area contributed by atoms with Crippen LogP contribution in [0.1, 0.15) is 31.6 Å². The van der Waals surface area contributed by atoms with Gasteiger partial charge < -0.3 is 14.6 Å². The van der Waals surface area contributed by atoms with Crippen LogP contribution < -0.4 is 14.9 Å². The first-order valence-corrected chi connectivity index (χ1v) is 10.1. The molecule has 2 aromatic rings. The van der Waals surface area contributed by atoms with Crippen molar-refractivity contribution in [2.45, 2.75) is 30.7 Å². The number of hydrogen-bond donors (Lipinski definition) is 2. The number of anilines is 1. The van der Waals surface area contributed by atoms with E-state index in [0.29, 0.717) is 24.4 Å². The number of amides is 2. The van der Waals surface area contributed by atoms with Gasteiger partial charge in [-0.1, -0.05) is 0 Å². The second-order valence-electron chi connectivity index (χ2n) is 6.27. The van der Waals surface area contributed by atoms with E-state index in [0.717, 1.165) is 6.42 Å². The van der Waals surface area contributed by atoms with E-state index in [1.54, 1.807) is 36.1 Å². The van der Waals surface area contributed by atoms with Crippen molar-refractivity contribution in [3.8, 4) is 0 Å². The van der Waals surface area contributed by atoms with Gasteiger partial charge in [0.15, 0.2) is 0 Å². The molecule has 2 heterocycles. The Balaban J connectivity index is 1.57. The fourth-order valence-electron chi connectivity index (χ4n) is 2.87. The molecule has 2 N–H and O–H groups in total. The molecule has 0 aliphatic carbocycles. The van der Waals surface area contributed by atoms with Gasteiger partial charge in [0.2, 0.25) is 21.8 Å². The first-order chi connectivity index (χ1) is 12.9. The average Bonchev–Trinajstić information content (AvgIpc) is 3.32. The zero-order chi connectivity index (χ0) is 19.4. The largest absolute Gasteiger partial charge is 0.467 e. The summed E-state index contributed by atoms with van der Waals surface area (Å²) in [5, 5.41) is 2.65. The quantitative estimate of drug-likeness (QED) is 0.745. The molecule has 144 valence electrons. The standard InChI is InChI=1S/C18H21N3O5S/c1-13(16-4-3-11-26-16)20-17(22)12-19-27(24,25)15-8-6-14(7-9-15)21-10-2-5-18(21)23/h3-4,6-9,11,13,19H,2,5,10,12H2,1H3,(H,20,22)/t13-/m1/s1. The molecule has 1 aliphatic rings. The molecule has 1 fully saturated rings. The highest BCUT2D eigenvalue weighted by molar-refractivity contribution is 7.89. The number of furan rings is 1. The lowest BCUT2D eigenvalue weighted by molar-refractivity contribution is -0.120. The van der Waals surface area contributed by atoms with Gasteiger partial charge in [-0.05, 0) is 49.7 Å². The molecule has 3 rings (SSSR count). The maximum Gasteiger partial charge on any atom is 0.241 e. The van der Waals surface area contributed by atoms with E-state index in [4.69, 9.17) is 4.42 Å². The number of hydrogen-bond acceptors (Lipinski definition) is 5. The lowest BCUT2D eigenvalue weighted by atomic mass is 10.2. The van der Waals surface area contributed by atoms with Crippen LogP contribution in [0.5, 0.6) is 0 Å². The number of rotatable bonds is 7. The number of sulfonamides is 1. The summed E-state index contributed by atoms with van der Waals surface area (Å²) in [7, 11) is -3.84. The van der Waals surface area contributed by atoms with Crippen LogP contribution in [0.15, 0.2) is 52.0 Å². The van der Waals surface area contributed by atoms with Crippen LogP contribution in [0, 0.1) is 0 Å². The zero-order valence-electron chi connectivity index (χ0n) is 14.8. The third kappa shape index (κ3) is 4.55. The second-order valence-corrected chi connectivity index (χ2v) is 8.04. The normalized spacial score (nSPS) is 15.7. The maximum atomic E-state index is 12.4. The summed E-state index contributed by atoms with van der Waals surface area (Å²) >= 11 is 0. The van der Waals surface area contributed by atoms with Gasteiger partial charge in [-0.25, -0.2) is 13.1 Å². The van der Waals surface area contributed by atoms with Gasteiger partial charge in [-0.3, -0.25) is 9.59 Å². The van der Waals surface area contributed by atoms with Crippen molar-refractivity contribution >= 4 is 27.5 Å². The second kappa shape index (κ2) is 7.93. The van der Waals surface area contributed by atoms with E-state index in [1.807, 2.05) is 0 Å². The highest BCUT2D eigenvalue weighted by atomic mass is 32.2. The Hall–Kier alpha value is -2.65. The lowest BCUT2D eigenvalue weighted by Crippen LogP contribution is -2.37. The monoisotopic (exact) mass is 391 g/mol. The molecular weight excluding hydrogens is 370 g/mol. The fourth-order valence-corrected chi connectivity index (χ4v) is 3.85. The molecule has 1 aromatic carbocycles. The Bertz CT molecular complexity index is 907. The molecule has 2 amide bonds. The first kappa shape index (κ1) is 19.1. The number of nitrogens with zero attached hydrogens (tertiary/aromatic N) is 1. The van der Waals surface area contributed by atoms with E-state index >= 15 is 0 Å². The van der Waals surface area contributed by atoms with Gasteiger partial charge in [0.05, 0.1) is 23.7 Å². The SMILES string of the molecule is C[C@@H](NC(=O)CNS(=O)(=O)c1ccc(N2CCCC2=O)cc1)c1ccco1. The van der Waals surface area contributed by atoms with Crippen LogP contribution in [-0.4, -0.2) is 33.3 Å². The molecule has 8 nitrogen and oxygen atoms in total. The Morgan fingerprint density at radius 1 is 1.26 bits per heavy atom. The van der Waals surface area contributed by atoms with Crippen molar-refractivity contribution in [2.75, 3.05) is 18.0 Å². The van der Waals surface area contributed by atoms with Crippen molar-refractivity contribution in [2.24, 2.45) is 0 Å². The lowest BCUT2D eigenvalue weighted by Gasteiger charge is -2.16. The summed E-state index contributed by atoms with van der Waals surface area (Å²) in [6, 6.07) is 9.10. The highest BCUT2D eigenvalue weighted by Gasteiger charge is 2.23. The van der Waals surface area contributed by atoms with Crippen molar-refractivity contribution in [1.29, 1.82) is 0 Å². The van der Waals surface area contributed by atoms with Crippen LogP contribution in [0.2, 0.25) is 0 Å². The molecule has 9 heteroatoms. The van der Waals surface area contributed by atoms with E-state index in [-0.39, 0.29) is 23.4 Å². The zero-order valence-corrected chi connectivity index (χ0v) is 15.7. The van der Waals surface area contributed by atoms with Crippen LogP contribution >= 0.6 is 0 Å². The smallest absolute Gasteiger partial charge is 0.241 e. The summed E-state index contributed by atoms with van der Waals surface area (Å²) in [6.45, 7) is 1.99.